The van der Waals surface area contributed by atoms with Gasteiger partial charge in [0.1, 0.15) is 0 Å². The summed E-state index contributed by atoms with van der Waals surface area (Å²) in [4.78, 5) is 16.6. The van der Waals surface area contributed by atoms with Crippen molar-refractivity contribution in [1.29, 1.82) is 0 Å². The van der Waals surface area contributed by atoms with Crippen LogP contribution in [0, 0.1) is 5.92 Å². The number of hydrogen-bond acceptors (Lipinski definition) is 5. The highest BCUT2D eigenvalue weighted by Gasteiger charge is 2.25. The molecule has 2 aromatic carbocycles. The van der Waals surface area contributed by atoms with Crippen molar-refractivity contribution in [3.05, 3.63) is 62.7 Å². The number of cyclic esters (lactones) is 1. The quantitative estimate of drug-likeness (QED) is 0.419. The predicted molar refractivity (Wildman–Crippen MR) is 113 cm³/mol. The zero-order valence-electron chi connectivity index (χ0n) is 15.7. The molecule has 0 aromatic heterocycles. The summed E-state index contributed by atoms with van der Waals surface area (Å²) < 4.78 is 17.3. The predicted octanol–water partition coefficient (Wildman–Crippen LogP) is 5.49. The molecule has 0 radical (unpaired) electrons. The molecule has 0 aliphatic carbocycles. The lowest BCUT2D eigenvalue weighted by Gasteiger charge is -2.14. The Labute approximate surface area is 177 Å². The highest BCUT2D eigenvalue weighted by Crippen LogP contribution is 2.37. The van der Waals surface area contributed by atoms with Gasteiger partial charge < -0.3 is 14.2 Å². The third kappa shape index (κ3) is 4.56. The molecule has 0 spiro atoms. The molecule has 2 aromatic rings. The van der Waals surface area contributed by atoms with Crippen LogP contribution in [0.2, 0.25) is 5.02 Å². The minimum Gasteiger partial charge on any atom is -0.493 e. The number of rotatable bonds is 6. The Morgan fingerprint density at radius 2 is 2.04 bits per heavy atom. The Morgan fingerprint density at radius 3 is 2.71 bits per heavy atom. The van der Waals surface area contributed by atoms with Gasteiger partial charge in [-0.1, -0.05) is 37.6 Å². The standard InChI is InChI=1S/C21H19BrClNO4/c1-12(2)11-27-19-16(23)8-13(10-18(19)26-3)9-17-21(25)28-20(24-17)14-6-4-5-7-15(14)22/h4-10,12H,11H2,1-3H3/b17-9-. The lowest BCUT2D eigenvalue weighted by atomic mass is 10.1. The summed E-state index contributed by atoms with van der Waals surface area (Å²) in [5, 5.41) is 0.397. The molecule has 5 nitrogen and oxygen atoms in total. The fraction of sp³-hybridized carbons (Fsp3) is 0.238. The Balaban J connectivity index is 1.93. The number of carbonyl (C=O) groups is 1. The SMILES string of the molecule is COc1cc(/C=C2\N=C(c3ccccc3Br)OC2=O)cc(Cl)c1OCC(C)C. The molecule has 0 atom stereocenters. The second-order valence-electron chi connectivity index (χ2n) is 6.55. The molecular formula is C21H19BrClNO4. The van der Waals surface area contributed by atoms with Gasteiger partial charge in [0.25, 0.3) is 0 Å². The lowest BCUT2D eigenvalue weighted by molar-refractivity contribution is -0.129. The van der Waals surface area contributed by atoms with Crippen LogP contribution in [0.3, 0.4) is 0 Å². The van der Waals surface area contributed by atoms with Crippen molar-refractivity contribution < 1.29 is 19.0 Å². The molecular weight excluding hydrogens is 446 g/mol. The van der Waals surface area contributed by atoms with Crippen molar-refractivity contribution in [2.24, 2.45) is 10.9 Å². The number of benzene rings is 2. The van der Waals surface area contributed by atoms with E-state index in [9.17, 15) is 4.79 Å². The average molecular weight is 465 g/mol. The molecule has 1 aliphatic heterocycles. The first-order valence-corrected chi connectivity index (χ1v) is 9.84. The van der Waals surface area contributed by atoms with Gasteiger partial charge in [-0.25, -0.2) is 9.79 Å². The lowest BCUT2D eigenvalue weighted by Crippen LogP contribution is -2.06. The maximum atomic E-state index is 12.2. The summed E-state index contributed by atoms with van der Waals surface area (Å²) in [6, 6.07) is 10.8. The maximum absolute atomic E-state index is 12.2. The van der Waals surface area contributed by atoms with Gasteiger partial charge in [0, 0.05) is 4.47 Å². The van der Waals surface area contributed by atoms with Crippen LogP contribution >= 0.6 is 27.5 Å². The number of esters is 1. The molecule has 7 heteroatoms. The second-order valence-corrected chi connectivity index (χ2v) is 7.82. The molecule has 1 heterocycles. The van der Waals surface area contributed by atoms with Crippen molar-refractivity contribution in [3.63, 3.8) is 0 Å². The van der Waals surface area contributed by atoms with Crippen molar-refractivity contribution in [2.75, 3.05) is 13.7 Å². The number of ether oxygens (including phenoxy) is 3. The van der Waals surface area contributed by atoms with Crippen molar-refractivity contribution in [1.82, 2.24) is 0 Å². The first-order valence-electron chi connectivity index (χ1n) is 8.67. The number of hydrogen-bond donors (Lipinski definition) is 0. The fourth-order valence-corrected chi connectivity index (χ4v) is 3.26. The molecule has 0 amide bonds. The third-order valence-corrected chi connectivity index (χ3v) is 4.81. The van der Waals surface area contributed by atoms with Gasteiger partial charge in [-0.05, 0) is 57.8 Å². The van der Waals surface area contributed by atoms with E-state index in [2.05, 4.69) is 20.9 Å². The zero-order chi connectivity index (χ0) is 20.3. The van der Waals surface area contributed by atoms with Crippen LogP contribution in [0.1, 0.15) is 25.0 Å². The van der Waals surface area contributed by atoms with E-state index in [1.807, 2.05) is 38.1 Å². The van der Waals surface area contributed by atoms with Gasteiger partial charge in [-0.3, -0.25) is 0 Å². The van der Waals surface area contributed by atoms with E-state index in [1.54, 1.807) is 18.2 Å². The smallest absolute Gasteiger partial charge is 0.363 e. The Hall–Kier alpha value is -2.31. The number of nitrogens with zero attached hydrogens (tertiary/aromatic N) is 1. The minimum absolute atomic E-state index is 0.180. The molecule has 1 aliphatic rings. The monoisotopic (exact) mass is 463 g/mol. The molecule has 146 valence electrons. The number of halogens is 2. The van der Waals surface area contributed by atoms with E-state index in [4.69, 9.17) is 25.8 Å². The summed E-state index contributed by atoms with van der Waals surface area (Å²) in [6.45, 7) is 4.61. The van der Waals surface area contributed by atoms with Crippen LogP contribution < -0.4 is 9.47 Å². The Kier molecular flexibility index (Phi) is 6.42. The normalized spacial score (nSPS) is 15.0. The molecule has 0 unspecified atom stereocenters. The Morgan fingerprint density at radius 1 is 1.29 bits per heavy atom. The van der Waals surface area contributed by atoms with Crippen molar-refractivity contribution >= 4 is 45.5 Å². The molecule has 0 saturated carbocycles. The van der Waals surface area contributed by atoms with Crippen LogP contribution in [-0.4, -0.2) is 25.6 Å². The van der Waals surface area contributed by atoms with Crippen LogP contribution in [-0.2, 0) is 9.53 Å². The van der Waals surface area contributed by atoms with E-state index in [1.165, 1.54) is 7.11 Å². The van der Waals surface area contributed by atoms with Gasteiger partial charge in [-0.2, -0.15) is 0 Å². The molecule has 0 N–H and O–H groups in total. The van der Waals surface area contributed by atoms with E-state index in [-0.39, 0.29) is 11.6 Å². The number of methoxy groups -OCH3 is 1. The summed E-state index contributed by atoms with van der Waals surface area (Å²) in [7, 11) is 1.54. The molecule has 3 rings (SSSR count). The largest absolute Gasteiger partial charge is 0.493 e. The summed E-state index contributed by atoms with van der Waals surface area (Å²) in [5.41, 5.74) is 1.54. The molecule has 0 saturated heterocycles. The highest BCUT2D eigenvalue weighted by molar-refractivity contribution is 9.10. The van der Waals surface area contributed by atoms with Crippen LogP contribution in [0.25, 0.3) is 6.08 Å². The number of carbonyl (C=O) groups excluding carboxylic acids is 1. The van der Waals surface area contributed by atoms with E-state index >= 15 is 0 Å². The minimum atomic E-state index is -0.527. The summed E-state index contributed by atoms with van der Waals surface area (Å²) >= 11 is 9.81. The topological polar surface area (TPSA) is 57.1 Å². The van der Waals surface area contributed by atoms with Crippen molar-refractivity contribution in [2.45, 2.75) is 13.8 Å². The van der Waals surface area contributed by atoms with E-state index in [0.717, 1.165) is 4.47 Å². The van der Waals surface area contributed by atoms with Crippen LogP contribution in [0.15, 0.2) is 51.6 Å². The van der Waals surface area contributed by atoms with Crippen LogP contribution in [0.5, 0.6) is 11.5 Å². The first kappa shape index (κ1) is 20.4. The van der Waals surface area contributed by atoms with Gasteiger partial charge >= 0.3 is 5.97 Å². The molecule has 0 fully saturated rings. The fourth-order valence-electron chi connectivity index (χ4n) is 2.53. The molecule has 28 heavy (non-hydrogen) atoms. The summed E-state index contributed by atoms with van der Waals surface area (Å²) in [6.07, 6.45) is 1.60. The third-order valence-electron chi connectivity index (χ3n) is 3.84. The summed E-state index contributed by atoms with van der Waals surface area (Å²) in [5.74, 6) is 1.04. The van der Waals surface area contributed by atoms with Crippen LogP contribution in [0.4, 0.5) is 0 Å². The first-order chi connectivity index (χ1) is 13.4. The van der Waals surface area contributed by atoms with Gasteiger partial charge in [0.05, 0.1) is 24.3 Å². The highest BCUT2D eigenvalue weighted by atomic mass is 79.9. The van der Waals surface area contributed by atoms with E-state index in [0.29, 0.717) is 40.2 Å². The molecule has 0 bridgehead atoms. The Bertz CT molecular complexity index is 969. The van der Waals surface area contributed by atoms with Crippen molar-refractivity contribution in [3.8, 4) is 11.5 Å². The van der Waals surface area contributed by atoms with E-state index < -0.39 is 5.97 Å². The average Bonchev–Trinajstić information content (AvgIpc) is 3.00. The maximum Gasteiger partial charge on any atom is 0.363 e. The van der Waals surface area contributed by atoms with Gasteiger partial charge in [-0.15, -0.1) is 0 Å². The zero-order valence-corrected chi connectivity index (χ0v) is 18.0. The number of aliphatic imine (C=N–C) groups is 1. The second kappa shape index (κ2) is 8.80. The van der Waals surface area contributed by atoms with Gasteiger partial charge in [0.15, 0.2) is 17.2 Å². The van der Waals surface area contributed by atoms with Gasteiger partial charge in [0.2, 0.25) is 5.90 Å².